The van der Waals surface area contributed by atoms with Crippen LogP contribution in [0.3, 0.4) is 0 Å². The molecular weight excluding hydrogens is 650 g/mol. The lowest BCUT2D eigenvalue weighted by atomic mass is 9.89. The number of hydrogen-bond acceptors (Lipinski definition) is 9. The van der Waals surface area contributed by atoms with Crippen molar-refractivity contribution < 1.29 is 61.3 Å². The van der Waals surface area contributed by atoms with Gasteiger partial charge in [-0.15, -0.1) is 0 Å². The number of quaternary nitrogens is 1. The summed E-state index contributed by atoms with van der Waals surface area (Å²) in [6.07, 6.45) is 1.50. The highest BCUT2D eigenvalue weighted by molar-refractivity contribution is 6.03. The molecule has 3 atom stereocenters. The van der Waals surface area contributed by atoms with Crippen molar-refractivity contribution in [2.75, 3.05) is 28.4 Å². The Hall–Kier alpha value is -4.38. The summed E-state index contributed by atoms with van der Waals surface area (Å²) >= 11 is 0. The maximum absolute atomic E-state index is 13.7. The number of methoxy groups -OCH3 is 4. The van der Waals surface area contributed by atoms with Crippen molar-refractivity contribution >= 4 is 23.1 Å². The minimum Gasteiger partial charge on any atom is -1.00 e. The Morgan fingerprint density at radius 1 is 0.857 bits per heavy atom. The van der Waals surface area contributed by atoms with Crippen LogP contribution in [0.2, 0.25) is 0 Å². The number of ketones is 2. The predicted molar refractivity (Wildman–Crippen MR) is 181 cm³/mol. The van der Waals surface area contributed by atoms with E-state index in [2.05, 4.69) is 5.73 Å². The van der Waals surface area contributed by atoms with Crippen molar-refractivity contribution in [1.82, 2.24) is 0 Å². The number of halogens is 1. The summed E-state index contributed by atoms with van der Waals surface area (Å²) < 4.78 is 28.4. The van der Waals surface area contributed by atoms with E-state index in [1.807, 2.05) is 44.2 Å². The first kappa shape index (κ1) is 39.1. The zero-order valence-corrected chi connectivity index (χ0v) is 29.7. The lowest BCUT2D eigenvalue weighted by Gasteiger charge is -2.22. The van der Waals surface area contributed by atoms with Crippen LogP contribution in [0.15, 0.2) is 60.7 Å². The average Bonchev–Trinajstić information content (AvgIpc) is 3.24. The van der Waals surface area contributed by atoms with Crippen LogP contribution in [0.5, 0.6) is 28.7 Å². The van der Waals surface area contributed by atoms with E-state index >= 15 is 0 Å². The molecule has 0 aliphatic heterocycles. The molecule has 3 aromatic carbocycles. The van der Waals surface area contributed by atoms with Crippen molar-refractivity contribution in [3.63, 3.8) is 0 Å². The molecule has 0 heterocycles. The topological polar surface area (TPSA) is 145 Å². The van der Waals surface area contributed by atoms with Crippen LogP contribution in [0.4, 0.5) is 0 Å². The van der Waals surface area contributed by atoms with E-state index in [-0.39, 0.29) is 42.7 Å². The van der Waals surface area contributed by atoms with Crippen molar-refractivity contribution in [3.8, 4) is 28.7 Å². The molecule has 264 valence electrons. The molecule has 4 rings (SSSR count). The van der Waals surface area contributed by atoms with Crippen LogP contribution in [-0.4, -0.2) is 63.2 Å². The predicted octanol–water partition coefficient (Wildman–Crippen LogP) is 1.41. The summed E-state index contributed by atoms with van der Waals surface area (Å²) in [7, 11) is 6.05. The third kappa shape index (κ3) is 9.41. The number of aliphatic hydroxyl groups excluding tert-OH is 1. The second-order valence-electron chi connectivity index (χ2n) is 12.4. The number of hydrogen-bond donors (Lipinski definition) is 2. The van der Waals surface area contributed by atoms with Crippen LogP contribution < -0.4 is 41.8 Å². The Balaban J connectivity index is 0.00000650. The molecular formula is C38H46ClNO9. The van der Waals surface area contributed by atoms with Crippen LogP contribution in [0.1, 0.15) is 55.4 Å². The van der Waals surface area contributed by atoms with E-state index in [1.165, 1.54) is 28.4 Å². The van der Waals surface area contributed by atoms with Crippen LogP contribution in [-0.2, 0) is 27.2 Å². The minimum atomic E-state index is -1.34. The van der Waals surface area contributed by atoms with E-state index in [0.717, 1.165) is 11.1 Å². The molecule has 3 aromatic rings. The third-order valence-corrected chi connectivity index (χ3v) is 8.49. The summed E-state index contributed by atoms with van der Waals surface area (Å²) in [5.41, 5.74) is 7.65. The number of esters is 1. The van der Waals surface area contributed by atoms with Crippen LogP contribution >= 0.6 is 0 Å². The van der Waals surface area contributed by atoms with Crippen LogP contribution in [0, 0.1) is 11.8 Å². The van der Waals surface area contributed by atoms with Gasteiger partial charge in [-0.3, -0.25) is 14.4 Å². The second-order valence-corrected chi connectivity index (χ2v) is 12.4. The summed E-state index contributed by atoms with van der Waals surface area (Å²) in [6.45, 7) is 3.90. The van der Waals surface area contributed by atoms with Gasteiger partial charge in [0.2, 0.25) is 5.75 Å². The van der Waals surface area contributed by atoms with Crippen molar-refractivity contribution in [3.05, 3.63) is 82.9 Å². The van der Waals surface area contributed by atoms with Gasteiger partial charge in [0.05, 0.1) is 34.4 Å². The SMILES string of the molecule is COc1ccc(C2=CC(=O)CCc3c2cc(OC)c(OC)c3OC)cc1OC(=O)C(CC(=O)C(O)C([NH3+])Cc1ccccc1)CC(C)C.[Cl-]. The van der Waals surface area contributed by atoms with Gasteiger partial charge in [0.1, 0.15) is 6.04 Å². The monoisotopic (exact) mass is 695 g/mol. The lowest BCUT2D eigenvalue weighted by Crippen LogP contribution is -3.00. The first-order chi connectivity index (χ1) is 23.0. The smallest absolute Gasteiger partial charge is 0.314 e. The molecule has 0 amide bonds. The summed E-state index contributed by atoms with van der Waals surface area (Å²) in [6, 6.07) is 15.8. The number of benzene rings is 3. The molecule has 49 heavy (non-hydrogen) atoms. The molecule has 4 N–H and O–H groups in total. The van der Waals surface area contributed by atoms with Gasteiger partial charge in [0.25, 0.3) is 0 Å². The molecule has 10 nitrogen and oxygen atoms in total. The van der Waals surface area contributed by atoms with Gasteiger partial charge in [0, 0.05) is 24.8 Å². The molecule has 1 aliphatic carbocycles. The summed E-state index contributed by atoms with van der Waals surface area (Å²) in [5.74, 6) is -0.145. The Morgan fingerprint density at radius 2 is 1.53 bits per heavy atom. The molecule has 1 aliphatic rings. The van der Waals surface area contributed by atoms with E-state index in [4.69, 9.17) is 23.7 Å². The molecule has 0 saturated heterocycles. The summed E-state index contributed by atoms with van der Waals surface area (Å²) in [5, 5.41) is 10.9. The van der Waals surface area contributed by atoms with E-state index in [1.54, 1.807) is 30.3 Å². The van der Waals surface area contributed by atoms with Crippen molar-refractivity contribution in [2.45, 2.75) is 58.1 Å². The number of allylic oxidation sites excluding steroid dienone is 1. The molecule has 0 spiro atoms. The number of aliphatic hydroxyl groups is 1. The van der Waals surface area contributed by atoms with Gasteiger partial charge in [-0.25, -0.2) is 0 Å². The van der Waals surface area contributed by atoms with Gasteiger partial charge >= 0.3 is 5.97 Å². The highest BCUT2D eigenvalue weighted by Crippen LogP contribution is 2.47. The zero-order valence-electron chi connectivity index (χ0n) is 28.9. The maximum Gasteiger partial charge on any atom is 0.314 e. The number of carbonyl (C=O) groups excluding carboxylic acids is 3. The maximum atomic E-state index is 13.7. The van der Waals surface area contributed by atoms with Crippen LogP contribution in [0.25, 0.3) is 5.57 Å². The lowest BCUT2D eigenvalue weighted by molar-refractivity contribution is -0.432. The molecule has 0 fully saturated rings. The summed E-state index contributed by atoms with van der Waals surface area (Å²) in [4.78, 5) is 40.0. The Labute approximate surface area is 293 Å². The second kappa shape index (κ2) is 17.9. The number of Topliss-reactive ketones (excluding diaryl/α,β-unsaturated/α-hetero) is 1. The third-order valence-electron chi connectivity index (χ3n) is 8.49. The Kier molecular flexibility index (Phi) is 14.2. The first-order valence-corrected chi connectivity index (χ1v) is 16.1. The highest BCUT2D eigenvalue weighted by atomic mass is 35.5. The normalized spacial score (nSPS) is 14.3. The fourth-order valence-electron chi connectivity index (χ4n) is 6.10. The highest BCUT2D eigenvalue weighted by Gasteiger charge is 2.33. The molecule has 3 unspecified atom stereocenters. The van der Waals surface area contributed by atoms with Gasteiger partial charge in [-0.05, 0) is 65.3 Å². The fraction of sp³-hybridized carbons (Fsp3) is 0.395. The number of carbonyl (C=O) groups is 3. The number of fused-ring (bicyclic) bond motifs is 1. The van der Waals surface area contributed by atoms with Gasteiger partial charge in [0.15, 0.2) is 40.7 Å². The van der Waals surface area contributed by atoms with Crippen molar-refractivity contribution in [2.24, 2.45) is 11.8 Å². The minimum absolute atomic E-state index is 0. The molecule has 0 bridgehead atoms. The largest absolute Gasteiger partial charge is 1.00 e. The molecule has 0 saturated carbocycles. The first-order valence-electron chi connectivity index (χ1n) is 16.1. The standard InChI is InChI=1S/C38H45NO9.ClH/c1-22(2)16-25(18-31(41)35(42)30(39)17-23-10-8-7-9-11-23)38(43)48-33-19-24(12-15-32(33)44-3)28-20-26(40)13-14-27-29(28)21-34(45-4)37(47-6)36(27)46-5;/h7-12,15,19-22,25,30,35,42H,13-14,16-18,39H2,1-6H3;1H. The molecule has 0 radical (unpaired) electrons. The fourth-order valence-corrected chi connectivity index (χ4v) is 6.10. The molecule has 11 heteroatoms. The van der Waals surface area contributed by atoms with Crippen molar-refractivity contribution in [1.29, 1.82) is 0 Å². The zero-order chi connectivity index (χ0) is 35.0. The van der Waals surface area contributed by atoms with Gasteiger partial charge in [-0.1, -0.05) is 50.2 Å². The number of ether oxygens (including phenoxy) is 5. The van der Waals surface area contributed by atoms with Gasteiger partial charge < -0.3 is 46.9 Å². The Bertz CT molecular complexity index is 1650. The molecule has 0 aromatic heterocycles. The average molecular weight is 696 g/mol. The Morgan fingerprint density at radius 3 is 2.14 bits per heavy atom. The van der Waals surface area contributed by atoms with Gasteiger partial charge in [-0.2, -0.15) is 0 Å². The quantitative estimate of drug-likeness (QED) is 0.178. The number of rotatable bonds is 15. The van der Waals surface area contributed by atoms with E-state index in [0.29, 0.717) is 59.0 Å². The van der Waals surface area contributed by atoms with E-state index in [9.17, 15) is 19.5 Å². The van der Waals surface area contributed by atoms with E-state index < -0.39 is 29.8 Å².